The summed E-state index contributed by atoms with van der Waals surface area (Å²) in [6, 6.07) is 7.69. The van der Waals surface area contributed by atoms with Gasteiger partial charge in [-0.3, -0.25) is 0 Å². The van der Waals surface area contributed by atoms with Gasteiger partial charge in [-0.2, -0.15) is 0 Å². The van der Waals surface area contributed by atoms with Crippen LogP contribution in [-0.2, 0) is 0 Å². The Morgan fingerprint density at radius 2 is 1.94 bits per heavy atom. The highest BCUT2D eigenvalue weighted by atomic mass is 16.5. The van der Waals surface area contributed by atoms with Gasteiger partial charge in [-0.25, -0.2) is 0 Å². The summed E-state index contributed by atoms with van der Waals surface area (Å²) in [4.78, 5) is 0. The van der Waals surface area contributed by atoms with E-state index >= 15 is 0 Å². The van der Waals surface area contributed by atoms with Gasteiger partial charge >= 0.3 is 0 Å². The second-order valence-corrected chi connectivity index (χ2v) is 5.27. The lowest BCUT2D eigenvalue weighted by atomic mass is 9.68. The van der Waals surface area contributed by atoms with E-state index < -0.39 is 6.10 Å². The maximum absolute atomic E-state index is 10.7. The number of aliphatic hydroxyl groups is 1. The largest absolute Gasteiger partial charge is 0.496 e. The van der Waals surface area contributed by atoms with E-state index in [0.29, 0.717) is 6.54 Å². The minimum atomic E-state index is -0.529. The Labute approximate surface area is 109 Å². The van der Waals surface area contributed by atoms with Gasteiger partial charge in [0, 0.05) is 17.5 Å². The van der Waals surface area contributed by atoms with Crippen molar-refractivity contribution < 1.29 is 9.84 Å². The molecule has 1 fully saturated rings. The highest BCUT2D eigenvalue weighted by molar-refractivity contribution is 5.36. The van der Waals surface area contributed by atoms with Crippen LogP contribution in [-0.4, -0.2) is 18.8 Å². The number of rotatable bonds is 4. The predicted molar refractivity (Wildman–Crippen MR) is 72.5 cm³/mol. The van der Waals surface area contributed by atoms with Crippen molar-refractivity contribution in [3.8, 4) is 5.75 Å². The first-order chi connectivity index (χ1) is 8.73. The van der Waals surface area contributed by atoms with Crippen molar-refractivity contribution in [1.29, 1.82) is 0 Å². The molecule has 1 atom stereocenters. The minimum absolute atomic E-state index is 0.174. The number of hydrogen-bond acceptors (Lipinski definition) is 3. The van der Waals surface area contributed by atoms with E-state index in [2.05, 4.69) is 0 Å². The summed E-state index contributed by atoms with van der Waals surface area (Å²) in [6.07, 6.45) is 5.04. The van der Waals surface area contributed by atoms with Crippen LogP contribution in [0.15, 0.2) is 24.3 Å². The molecular weight excluding hydrogens is 226 g/mol. The molecule has 1 saturated carbocycles. The summed E-state index contributed by atoms with van der Waals surface area (Å²) in [5, 5.41) is 10.7. The Morgan fingerprint density at radius 3 is 2.56 bits per heavy atom. The summed E-state index contributed by atoms with van der Waals surface area (Å²) in [6.45, 7) is 0.534. The van der Waals surface area contributed by atoms with Crippen molar-refractivity contribution in [1.82, 2.24) is 0 Å². The monoisotopic (exact) mass is 249 g/mol. The lowest BCUT2D eigenvalue weighted by Crippen LogP contribution is -2.38. The zero-order chi connectivity index (χ0) is 13.0. The first-order valence-corrected chi connectivity index (χ1v) is 6.74. The van der Waals surface area contributed by atoms with Gasteiger partial charge in [0.2, 0.25) is 0 Å². The number of nitrogens with two attached hydrogens (primary N) is 1. The van der Waals surface area contributed by atoms with Gasteiger partial charge in [-0.1, -0.05) is 37.5 Å². The van der Waals surface area contributed by atoms with Crippen molar-refractivity contribution in [2.24, 2.45) is 11.1 Å². The number of methoxy groups -OCH3 is 1. The molecule has 1 aliphatic rings. The van der Waals surface area contributed by atoms with E-state index in [1.807, 2.05) is 24.3 Å². The quantitative estimate of drug-likeness (QED) is 0.862. The molecule has 0 aliphatic heterocycles. The third-order valence-corrected chi connectivity index (χ3v) is 4.27. The average molecular weight is 249 g/mol. The van der Waals surface area contributed by atoms with Crippen LogP contribution >= 0.6 is 0 Å². The van der Waals surface area contributed by atoms with Crippen LogP contribution in [0.1, 0.15) is 43.8 Å². The van der Waals surface area contributed by atoms with Crippen LogP contribution in [0, 0.1) is 5.41 Å². The zero-order valence-electron chi connectivity index (χ0n) is 11.1. The van der Waals surface area contributed by atoms with Crippen molar-refractivity contribution in [3.05, 3.63) is 29.8 Å². The molecular formula is C15H23NO2. The zero-order valence-corrected chi connectivity index (χ0v) is 11.1. The molecule has 0 saturated heterocycles. The smallest absolute Gasteiger partial charge is 0.124 e. The number of benzene rings is 1. The lowest BCUT2D eigenvalue weighted by Gasteiger charge is -2.40. The van der Waals surface area contributed by atoms with Crippen LogP contribution in [0.3, 0.4) is 0 Å². The number of para-hydroxylation sites is 1. The first kappa shape index (κ1) is 13.4. The van der Waals surface area contributed by atoms with E-state index in [1.54, 1.807) is 7.11 Å². The molecule has 3 N–H and O–H groups in total. The molecule has 3 heteroatoms. The number of hydrogen-bond donors (Lipinski definition) is 2. The molecule has 3 nitrogen and oxygen atoms in total. The van der Waals surface area contributed by atoms with Gasteiger partial charge in [-0.15, -0.1) is 0 Å². The molecule has 0 heterocycles. The van der Waals surface area contributed by atoms with Gasteiger partial charge < -0.3 is 15.6 Å². The topological polar surface area (TPSA) is 55.5 Å². The maximum Gasteiger partial charge on any atom is 0.124 e. The summed E-state index contributed by atoms with van der Waals surface area (Å²) in [5.41, 5.74) is 6.66. The molecule has 1 aromatic carbocycles. The number of aliphatic hydroxyl groups excluding tert-OH is 1. The highest BCUT2D eigenvalue weighted by Crippen LogP contribution is 2.47. The van der Waals surface area contributed by atoms with Crippen LogP contribution in [0.5, 0.6) is 5.75 Å². The van der Waals surface area contributed by atoms with Crippen LogP contribution < -0.4 is 10.5 Å². The molecule has 1 unspecified atom stereocenters. The van der Waals surface area contributed by atoms with Gasteiger partial charge in [-0.05, 0) is 18.9 Å². The van der Waals surface area contributed by atoms with Crippen molar-refractivity contribution in [2.75, 3.05) is 13.7 Å². The molecule has 0 bridgehead atoms. The second kappa shape index (κ2) is 5.72. The standard InChI is InChI=1S/C15H23NO2/c1-18-13-8-4-3-7-12(13)14(17)15(11-16)9-5-2-6-10-15/h3-4,7-8,14,17H,2,5-6,9-11,16H2,1H3. The van der Waals surface area contributed by atoms with Crippen molar-refractivity contribution in [2.45, 2.75) is 38.2 Å². The Hall–Kier alpha value is -1.06. The Kier molecular flexibility index (Phi) is 4.25. The van der Waals surface area contributed by atoms with Crippen molar-refractivity contribution >= 4 is 0 Å². The Balaban J connectivity index is 2.30. The summed E-state index contributed by atoms with van der Waals surface area (Å²) < 4.78 is 5.35. The predicted octanol–water partition coefficient (Wildman–Crippen LogP) is 2.64. The molecule has 2 rings (SSSR count). The lowest BCUT2D eigenvalue weighted by molar-refractivity contribution is -0.000701. The molecule has 1 aromatic rings. The molecule has 0 spiro atoms. The fourth-order valence-corrected chi connectivity index (χ4v) is 3.07. The summed E-state index contributed by atoms with van der Waals surface area (Å²) in [5.74, 6) is 0.753. The second-order valence-electron chi connectivity index (χ2n) is 5.27. The van der Waals surface area contributed by atoms with Gasteiger partial charge in [0.1, 0.15) is 5.75 Å². The SMILES string of the molecule is COc1ccccc1C(O)C1(CN)CCCCC1. The van der Waals surface area contributed by atoms with Gasteiger partial charge in [0.15, 0.2) is 0 Å². The Morgan fingerprint density at radius 1 is 1.28 bits per heavy atom. The van der Waals surface area contributed by atoms with E-state index in [1.165, 1.54) is 6.42 Å². The third-order valence-electron chi connectivity index (χ3n) is 4.27. The number of ether oxygens (including phenoxy) is 1. The van der Waals surface area contributed by atoms with E-state index in [0.717, 1.165) is 37.0 Å². The highest BCUT2D eigenvalue weighted by Gasteiger charge is 2.39. The van der Waals surface area contributed by atoms with Gasteiger partial charge in [0.05, 0.1) is 13.2 Å². The van der Waals surface area contributed by atoms with Crippen LogP contribution in [0.4, 0.5) is 0 Å². The Bertz CT molecular complexity index is 386. The normalized spacial score (nSPS) is 20.4. The molecule has 0 aromatic heterocycles. The van der Waals surface area contributed by atoms with E-state index in [9.17, 15) is 5.11 Å². The molecule has 1 aliphatic carbocycles. The van der Waals surface area contributed by atoms with Crippen LogP contribution in [0.2, 0.25) is 0 Å². The maximum atomic E-state index is 10.7. The van der Waals surface area contributed by atoms with Gasteiger partial charge in [0.25, 0.3) is 0 Å². The summed E-state index contributed by atoms with van der Waals surface area (Å²) >= 11 is 0. The fourth-order valence-electron chi connectivity index (χ4n) is 3.07. The van der Waals surface area contributed by atoms with E-state index in [4.69, 9.17) is 10.5 Å². The fraction of sp³-hybridized carbons (Fsp3) is 0.600. The average Bonchev–Trinajstić information content (AvgIpc) is 2.47. The first-order valence-electron chi connectivity index (χ1n) is 6.74. The summed E-state index contributed by atoms with van der Waals surface area (Å²) in [7, 11) is 1.64. The van der Waals surface area contributed by atoms with Crippen LogP contribution in [0.25, 0.3) is 0 Å². The van der Waals surface area contributed by atoms with E-state index in [-0.39, 0.29) is 5.41 Å². The minimum Gasteiger partial charge on any atom is -0.496 e. The molecule has 0 radical (unpaired) electrons. The van der Waals surface area contributed by atoms with Crippen molar-refractivity contribution in [3.63, 3.8) is 0 Å². The molecule has 0 amide bonds. The molecule has 18 heavy (non-hydrogen) atoms. The molecule has 100 valence electrons. The third kappa shape index (κ3) is 2.38.